The molecule has 106 valence electrons. The first-order chi connectivity index (χ1) is 9.63. The summed E-state index contributed by atoms with van der Waals surface area (Å²) in [7, 11) is 1.60. The largest absolute Gasteiger partial charge is 0.497 e. The number of benzene rings is 1. The number of carbonyl (C=O) groups is 1. The minimum atomic E-state index is -0.285. The van der Waals surface area contributed by atoms with E-state index in [0.29, 0.717) is 12.2 Å². The summed E-state index contributed by atoms with van der Waals surface area (Å²) >= 11 is 0. The summed E-state index contributed by atoms with van der Waals surface area (Å²) in [5.41, 5.74) is 1.38. The van der Waals surface area contributed by atoms with Gasteiger partial charge in [-0.3, -0.25) is 14.6 Å². The summed E-state index contributed by atoms with van der Waals surface area (Å²) in [6.45, 7) is 1.50. The highest BCUT2D eigenvalue weighted by atomic mass is 16.5. The Morgan fingerprint density at radius 2 is 2.15 bits per heavy atom. The van der Waals surface area contributed by atoms with E-state index < -0.39 is 0 Å². The molecule has 0 aliphatic carbocycles. The van der Waals surface area contributed by atoms with Crippen molar-refractivity contribution in [3.8, 4) is 5.75 Å². The number of aromatic nitrogens is 2. The van der Waals surface area contributed by atoms with Gasteiger partial charge in [0.15, 0.2) is 0 Å². The molecule has 1 aromatic heterocycles. The Morgan fingerprint density at radius 3 is 2.70 bits per heavy atom. The Hall–Kier alpha value is -2.41. The van der Waals surface area contributed by atoms with E-state index in [0.717, 1.165) is 11.3 Å². The molecule has 0 aliphatic heterocycles. The zero-order chi connectivity index (χ0) is 14.5. The van der Waals surface area contributed by atoms with Crippen LogP contribution in [-0.2, 0) is 17.9 Å². The predicted octanol–water partition coefficient (Wildman–Crippen LogP) is 0.470. The third kappa shape index (κ3) is 3.12. The van der Waals surface area contributed by atoms with Gasteiger partial charge in [-0.05, 0) is 28.9 Å². The number of amides is 1. The Bertz CT molecular complexity index is 592. The van der Waals surface area contributed by atoms with Gasteiger partial charge in [0.25, 0.3) is 5.69 Å². The van der Waals surface area contributed by atoms with Crippen molar-refractivity contribution in [2.24, 2.45) is 0 Å². The summed E-state index contributed by atoms with van der Waals surface area (Å²) in [6.07, 6.45) is 0. The van der Waals surface area contributed by atoms with Gasteiger partial charge in [-0.1, -0.05) is 0 Å². The molecule has 0 saturated heterocycles. The van der Waals surface area contributed by atoms with E-state index in [1.807, 2.05) is 24.3 Å². The van der Waals surface area contributed by atoms with Crippen LogP contribution in [0, 0.1) is 0 Å². The highest BCUT2D eigenvalue weighted by molar-refractivity contribution is 5.87. The lowest BCUT2D eigenvalue weighted by Crippen LogP contribution is -2.40. The minimum Gasteiger partial charge on any atom is -0.497 e. The lowest BCUT2D eigenvalue weighted by atomic mass is 10.2. The maximum Gasteiger partial charge on any atom is 0.308 e. The highest BCUT2D eigenvalue weighted by Gasteiger charge is 2.24. The number of hydrogen-bond donors (Lipinski definition) is 2. The molecule has 20 heavy (non-hydrogen) atoms. The number of methoxy groups -OCH3 is 1. The van der Waals surface area contributed by atoms with Crippen molar-refractivity contribution < 1.29 is 23.8 Å². The van der Waals surface area contributed by atoms with E-state index >= 15 is 0 Å². The Morgan fingerprint density at radius 1 is 1.45 bits per heavy atom. The fourth-order valence-electron chi connectivity index (χ4n) is 1.75. The molecule has 0 unspecified atom stereocenters. The van der Waals surface area contributed by atoms with Gasteiger partial charge in [-0.2, -0.15) is 0 Å². The normalized spacial score (nSPS) is 10.3. The highest BCUT2D eigenvalue weighted by Crippen LogP contribution is 2.13. The number of aliphatic hydroxyl groups excluding tert-OH is 1. The smallest absolute Gasteiger partial charge is 0.308 e. The van der Waals surface area contributed by atoms with Crippen molar-refractivity contribution in [1.29, 1.82) is 0 Å². The summed E-state index contributed by atoms with van der Waals surface area (Å²) in [5.74, 6) is 0.640. The molecule has 0 radical (unpaired) electrons. The second-order valence-corrected chi connectivity index (χ2v) is 4.19. The van der Waals surface area contributed by atoms with Crippen LogP contribution in [0.5, 0.6) is 5.75 Å². The van der Waals surface area contributed by atoms with Gasteiger partial charge >= 0.3 is 5.88 Å². The Kier molecular flexibility index (Phi) is 4.31. The molecule has 0 fully saturated rings. The topological polar surface area (TPSA) is 88.5 Å². The van der Waals surface area contributed by atoms with Crippen molar-refractivity contribution in [3.05, 3.63) is 35.5 Å². The molecule has 2 rings (SSSR count). The van der Waals surface area contributed by atoms with E-state index in [4.69, 9.17) is 9.26 Å². The van der Waals surface area contributed by atoms with E-state index in [2.05, 4.69) is 10.6 Å². The quantitative estimate of drug-likeness (QED) is 0.776. The average molecular weight is 278 g/mol. The number of ether oxygens (including phenoxy) is 1. The molecule has 1 heterocycles. The molecule has 2 N–H and O–H groups in total. The lowest BCUT2D eigenvalue weighted by Gasteiger charge is -1.99. The van der Waals surface area contributed by atoms with Crippen LogP contribution in [0.1, 0.15) is 18.2 Å². The van der Waals surface area contributed by atoms with Gasteiger partial charge in [0.05, 0.1) is 7.11 Å². The van der Waals surface area contributed by atoms with Gasteiger partial charge in [0, 0.05) is 12.5 Å². The number of aliphatic hydroxyl groups is 1. The van der Waals surface area contributed by atoms with Crippen LogP contribution < -0.4 is 14.7 Å². The molecule has 1 amide bonds. The van der Waals surface area contributed by atoms with E-state index in [-0.39, 0.29) is 18.4 Å². The van der Waals surface area contributed by atoms with Crippen molar-refractivity contribution >= 4 is 11.8 Å². The van der Waals surface area contributed by atoms with Gasteiger partial charge in [0.1, 0.15) is 12.4 Å². The number of nitrogens with zero attached hydrogens (tertiary/aromatic N) is 2. The number of nitrogens with one attached hydrogen (secondary N) is 1. The minimum absolute atomic E-state index is 0.161. The standard InChI is InChI=1S/C13H15N3O4/c1-9(18)14-13-12(8-17)16(15-20-13)7-10-3-5-11(19-2)6-4-10/h3-6,17H,7-8H2,1-2H3/p+1. The molecular weight excluding hydrogens is 262 g/mol. The number of rotatable bonds is 5. The zero-order valence-corrected chi connectivity index (χ0v) is 11.3. The zero-order valence-electron chi connectivity index (χ0n) is 11.3. The maximum absolute atomic E-state index is 11.0. The van der Waals surface area contributed by atoms with Crippen LogP contribution in [-0.4, -0.2) is 23.4 Å². The van der Waals surface area contributed by atoms with E-state index in [1.165, 1.54) is 11.6 Å². The van der Waals surface area contributed by atoms with Crippen molar-refractivity contribution in [3.63, 3.8) is 0 Å². The second-order valence-electron chi connectivity index (χ2n) is 4.19. The number of hydrogen-bond acceptors (Lipinski definition) is 5. The first-order valence-electron chi connectivity index (χ1n) is 6.04. The van der Waals surface area contributed by atoms with Crippen LogP contribution in [0.3, 0.4) is 0 Å². The number of carbonyl (C=O) groups excluding carboxylic acids is 1. The monoisotopic (exact) mass is 278 g/mol. The summed E-state index contributed by atoms with van der Waals surface area (Å²) < 4.78 is 11.6. The first-order valence-corrected chi connectivity index (χ1v) is 6.04. The average Bonchev–Trinajstić information content (AvgIpc) is 2.80. The van der Waals surface area contributed by atoms with Crippen molar-refractivity contribution in [1.82, 2.24) is 5.27 Å². The molecule has 0 spiro atoms. The SMILES string of the molecule is COc1ccc(C[n+]2noc(NC(C)=O)c2CO)cc1. The van der Waals surface area contributed by atoms with Crippen LogP contribution in [0.25, 0.3) is 0 Å². The Labute approximate surface area is 115 Å². The predicted molar refractivity (Wildman–Crippen MR) is 69.0 cm³/mol. The van der Waals surface area contributed by atoms with E-state index in [1.54, 1.807) is 7.11 Å². The van der Waals surface area contributed by atoms with Crippen LogP contribution in [0.15, 0.2) is 28.8 Å². The fourth-order valence-corrected chi connectivity index (χ4v) is 1.75. The van der Waals surface area contributed by atoms with Crippen molar-refractivity contribution in [2.75, 3.05) is 12.4 Å². The molecule has 0 saturated carbocycles. The van der Waals surface area contributed by atoms with Crippen LogP contribution in [0.2, 0.25) is 0 Å². The third-order valence-electron chi connectivity index (χ3n) is 2.74. The second kappa shape index (κ2) is 6.16. The van der Waals surface area contributed by atoms with Gasteiger partial charge in [-0.25, -0.2) is 0 Å². The molecule has 7 nitrogen and oxygen atoms in total. The van der Waals surface area contributed by atoms with Gasteiger partial charge < -0.3 is 9.84 Å². The molecular formula is C13H16N3O4+. The molecule has 0 aliphatic rings. The maximum atomic E-state index is 11.0. The van der Waals surface area contributed by atoms with Crippen molar-refractivity contribution in [2.45, 2.75) is 20.1 Å². The molecule has 2 aromatic rings. The molecule has 7 heteroatoms. The Balaban J connectivity index is 2.19. The first kappa shape index (κ1) is 14.0. The van der Waals surface area contributed by atoms with Gasteiger partial charge in [-0.15, -0.1) is 0 Å². The number of anilines is 1. The third-order valence-corrected chi connectivity index (χ3v) is 2.74. The van der Waals surface area contributed by atoms with Gasteiger partial charge in [0.2, 0.25) is 17.7 Å². The molecule has 0 bridgehead atoms. The molecule has 0 atom stereocenters. The van der Waals surface area contributed by atoms with Crippen LogP contribution in [0.4, 0.5) is 5.88 Å². The lowest BCUT2D eigenvalue weighted by molar-refractivity contribution is -0.762. The molecule has 1 aromatic carbocycles. The summed E-state index contributed by atoms with van der Waals surface area (Å²) in [6, 6.07) is 7.45. The van der Waals surface area contributed by atoms with Crippen LogP contribution >= 0.6 is 0 Å². The van der Waals surface area contributed by atoms with E-state index in [9.17, 15) is 9.90 Å². The fraction of sp³-hybridized carbons (Fsp3) is 0.308. The summed E-state index contributed by atoms with van der Waals surface area (Å²) in [4.78, 5) is 11.0. The summed E-state index contributed by atoms with van der Waals surface area (Å²) in [5, 5.41) is 15.7.